The van der Waals surface area contributed by atoms with Crippen LogP contribution in [0.15, 0.2) is 47.3 Å². The molecule has 0 spiro atoms. The molecule has 0 unspecified atom stereocenters. The third-order valence-corrected chi connectivity index (χ3v) is 6.56. The Labute approximate surface area is 192 Å². The molecule has 0 radical (unpaired) electrons. The Morgan fingerprint density at radius 1 is 1.00 bits per heavy atom. The van der Waals surface area contributed by atoms with Crippen molar-refractivity contribution in [1.82, 2.24) is 9.55 Å². The van der Waals surface area contributed by atoms with Gasteiger partial charge in [-0.2, -0.15) is 0 Å². The number of fused-ring (bicyclic) bond motifs is 3. The van der Waals surface area contributed by atoms with Crippen molar-refractivity contribution in [2.24, 2.45) is 0 Å². The zero-order chi connectivity index (χ0) is 22.9. The van der Waals surface area contributed by atoms with Crippen molar-refractivity contribution < 1.29 is 14.3 Å². The number of ether oxygens (including phenoxy) is 1. The summed E-state index contributed by atoms with van der Waals surface area (Å²) in [5, 5.41) is 0.492. The average Bonchev–Trinajstić information content (AvgIpc) is 3.08. The van der Waals surface area contributed by atoms with Gasteiger partial charge >= 0.3 is 5.97 Å². The van der Waals surface area contributed by atoms with E-state index < -0.39 is 12.1 Å². The third kappa shape index (κ3) is 4.03. The van der Waals surface area contributed by atoms with E-state index in [-0.39, 0.29) is 17.0 Å². The lowest BCUT2D eigenvalue weighted by atomic mass is 10.0. The topological polar surface area (TPSA) is 81.5 Å². The van der Waals surface area contributed by atoms with E-state index in [2.05, 4.69) is 4.98 Å². The van der Waals surface area contributed by atoms with E-state index >= 15 is 0 Å². The van der Waals surface area contributed by atoms with E-state index in [1.165, 1.54) is 0 Å². The molecular formula is C26H27N3O4. The van der Waals surface area contributed by atoms with Crippen molar-refractivity contribution in [3.8, 4) is 0 Å². The third-order valence-electron chi connectivity index (χ3n) is 6.56. The number of para-hydroxylation sites is 1. The van der Waals surface area contributed by atoms with Crippen LogP contribution in [0, 0.1) is 0 Å². The molecular weight excluding hydrogens is 418 g/mol. The van der Waals surface area contributed by atoms with Crippen LogP contribution in [-0.4, -0.2) is 34.1 Å². The number of carbonyl (C=O) groups excluding carboxylic acids is 2. The summed E-state index contributed by atoms with van der Waals surface area (Å²) in [7, 11) is 0. The van der Waals surface area contributed by atoms with E-state index in [1.807, 2.05) is 24.3 Å². The molecule has 2 aliphatic heterocycles. The van der Waals surface area contributed by atoms with Crippen LogP contribution in [0.25, 0.3) is 10.9 Å². The monoisotopic (exact) mass is 445 g/mol. The first-order chi connectivity index (χ1) is 16.0. The molecule has 0 bridgehead atoms. The highest BCUT2D eigenvalue weighted by atomic mass is 16.5. The van der Waals surface area contributed by atoms with Crippen LogP contribution in [0.3, 0.4) is 0 Å². The summed E-state index contributed by atoms with van der Waals surface area (Å²) >= 11 is 0. The molecule has 1 amide bonds. The summed E-state index contributed by atoms with van der Waals surface area (Å²) in [5.74, 6) is -0.0688. The van der Waals surface area contributed by atoms with E-state index in [0.29, 0.717) is 24.0 Å². The fraction of sp³-hybridized carbons (Fsp3) is 0.385. The minimum atomic E-state index is -0.926. The predicted octanol–water partition coefficient (Wildman–Crippen LogP) is 3.65. The van der Waals surface area contributed by atoms with Crippen molar-refractivity contribution in [2.75, 3.05) is 11.4 Å². The maximum atomic E-state index is 13.1. The molecule has 1 aromatic heterocycles. The van der Waals surface area contributed by atoms with Crippen LogP contribution >= 0.6 is 0 Å². The number of carbonyl (C=O) groups is 2. The summed E-state index contributed by atoms with van der Waals surface area (Å²) in [6.45, 7) is 2.88. The maximum Gasteiger partial charge on any atom is 0.338 e. The quantitative estimate of drug-likeness (QED) is 0.575. The van der Waals surface area contributed by atoms with Crippen LogP contribution in [0.4, 0.5) is 5.69 Å². The SMILES string of the molecule is C[C@@H](OC(=O)c1ccc2c(=O)n3c(nc2c1)CCCCC3)C(=O)N1CCCc2ccccc21. The molecule has 7 heteroatoms. The molecule has 33 heavy (non-hydrogen) atoms. The lowest BCUT2D eigenvalue weighted by Gasteiger charge is -2.31. The highest BCUT2D eigenvalue weighted by molar-refractivity contribution is 6.00. The van der Waals surface area contributed by atoms with Crippen molar-refractivity contribution in [2.45, 2.75) is 58.1 Å². The van der Waals surface area contributed by atoms with Gasteiger partial charge in [0, 0.05) is 25.2 Å². The van der Waals surface area contributed by atoms with Gasteiger partial charge in [0.05, 0.1) is 16.5 Å². The Hall–Kier alpha value is -3.48. The molecule has 0 saturated carbocycles. The van der Waals surface area contributed by atoms with Crippen molar-refractivity contribution in [1.29, 1.82) is 0 Å². The van der Waals surface area contributed by atoms with E-state index in [0.717, 1.165) is 55.6 Å². The largest absolute Gasteiger partial charge is 0.449 e. The van der Waals surface area contributed by atoms with Gasteiger partial charge in [0.15, 0.2) is 6.10 Å². The molecule has 0 N–H and O–H groups in total. The molecule has 0 saturated heterocycles. The highest BCUT2D eigenvalue weighted by Crippen LogP contribution is 2.27. The summed E-state index contributed by atoms with van der Waals surface area (Å²) in [5.41, 5.74) is 2.72. The van der Waals surface area contributed by atoms with Gasteiger partial charge in [0.2, 0.25) is 0 Å². The van der Waals surface area contributed by atoms with Gasteiger partial charge in [-0.05, 0) is 62.4 Å². The van der Waals surface area contributed by atoms with Gasteiger partial charge in [-0.1, -0.05) is 24.6 Å². The molecule has 0 aliphatic carbocycles. The standard InChI is InChI=1S/C26H27N3O4/c1-17(24(30)28-15-7-9-18-8-4-5-10-22(18)28)33-26(32)19-12-13-20-21(16-19)27-23-11-3-2-6-14-29(23)25(20)31/h4-5,8,10,12-13,16-17H,2-3,6-7,9,11,14-15H2,1H3/t17-/m1/s1. The molecule has 3 heterocycles. The number of nitrogens with zero attached hydrogens (tertiary/aromatic N) is 3. The number of amides is 1. The molecule has 0 fully saturated rings. The van der Waals surface area contributed by atoms with Crippen molar-refractivity contribution >= 4 is 28.5 Å². The molecule has 5 rings (SSSR count). The first kappa shape index (κ1) is 21.4. The molecule has 1 atom stereocenters. The Kier molecular flexibility index (Phi) is 5.70. The number of benzene rings is 2. The number of rotatable bonds is 3. The summed E-state index contributed by atoms with van der Waals surface area (Å²) in [6.07, 6.45) is 4.68. The summed E-state index contributed by atoms with van der Waals surface area (Å²) in [6, 6.07) is 12.6. The number of hydrogen-bond donors (Lipinski definition) is 0. The molecule has 2 aromatic carbocycles. The average molecular weight is 446 g/mol. The molecule has 170 valence electrons. The first-order valence-corrected chi connectivity index (χ1v) is 11.7. The van der Waals surface area contributed by atoms with Gasteiger partial charge in [-0.15, -0.1) is 0 Å². The lowest BCUT2D eigenvalue weighted by molar-refractivity contribution is -0.126. The van der Waals surface area contributed by atoms with Gasteiger partial charge in [-0.3, -0.25) is 14.2 Å². The zero-order valence-electron chi connectivity index (χ0n) is 18.8. The zero-order valence-corrected chi connectivity index (χ0v) is 18.8. The smallest absolute Gasteiger partial charge is 0.338 e. The Morgan fingerprint density at radius 3 is 2.73 bits per heavy atom. The number of aryl methyl sites for hydroxylation is 2. The van der Waals surface area contributed by atoms with Gasteiger partial charge in [0.25, 0.3) is 11.5 Å². The normalized spacial score (nSPS) is 16.5. The number of aromatic nitrogens is 2. The summed E-state index contributed by atoms with van der Waals surface area (Å²) in [4.78, 5) is 45.2. The molecule has 2 aliphatic rings. The van der Waals surface area contributed by atoms with Gasteiger partial charge in [-0.25, -0.2) is 9.78 Å². The lowest BCUT2D eigenvalue weighted by Crippen LogP contribution is -2.42. The van der Waals surface area contributed by atoms with E-state index in [9.17, 15) is 14.4 Å². The molecule has 3 aromatic rings. The number of hydrogen-bond acceptors (Lipinski definition) is 5. The Morgan fingerprint density at radius 2 is 1.85 bits per heavy atom. The Bertz CT molecular complexity index is 1300. The predicted molar refractivity (Wildman–Crippen MR) is 126 cm³/mol. The van der Waals surface area contributed by atoms with Gasteiger partial charge < -0.3 is 9.64 Å². The highest BCUT2D eigenvalue weighted by Gasteiger charge is 2.28. The van der Waals surface area contributed by atoms with Crippen molar-refractivity contribution in [3.63, 3.8) is 0 Å². The fourth-order valence-electron chi connectivity index (χ4n) is 4.81. The van der Waals surface area contributed by atoms with Crippen LogP contribution in [0.1, 0.15) is 54.4 Å². The van der Waals surface area contributed by atoms with Gasteiger partial charge in [0.1, 0.15) is 5.82 Å². The molecule has 7 nitrogen and oxygen atoms in total. The van der Waals surface area contributed by atoms with Crippen LogP contribution in [-0.2, 0) is 28.9 Å². The van der Waals surface area contributed by atoms with Crippen molar-refractivity contribution in [3.05, 3.63) is 69.8 Å². The van der Waals surface area contributed by atoms with Crippen LogP contribution in [0.5, 0.6) is 0 Å². The second kappa shape index (κ2) is 8.81. The minimum Gasteiger partial charge on any atom is -0.449 e. The second-order valence-electron chi connectivity index (χ2n) is 8.80. The number of anilines is 1. The fourth-order valence-corrected chi connectivity index (χ4v) is 4.81. The maximum absolute atomic E-state index is 13.1. The Balaban J connectivity index is 1.37. The summed E-state index contributed by atoms with van der Waals surface area (Å²) < 4.78 is 7.29. The minimum absolute atomic E-state index is 0.0656. The first-order valence-electron chi connectivity index (χ1n) is 11.7. The van der Waals surface area contributed by atoms with Crippen LogP contribution in [0.2, 0.25) is 0 Å². The number of esters is 1. The second-order valence-corrected chi connectivity index (χ2v) is 8.80. The van der Waals surface area contributed by atoms with E-state index in [4.69, 9.17) is 4.74 Å². The van der Waals surface area contributed by atoms with Crippen LogP contribution < -0.4 is 10.5 Å². The van der Waals surface area contributed by atoms with E-state index in [1.54, 1.807) is 34.6 Å².